The molecule has 0 aliphatic carbocycles. The molecule has 0 rings (SSSR count). The van der Waals surface area contributed by atoms with Crippen molar-refractivity contribution in [3.8, 4) is 0 Å². The maximum Gasteiger partial charge on any atom is 0 e. The maximum atomic E-state index is 0. The van der Waals surface area contributed by atoms with Gasteiger partial charge in [-0.15, -0.1) is 24.8 Å². The standard InChI is InChI=1S/2ClH.Cu.2H3N/h2*1H;;2*1H3. The van der Waals surface area contributed by atoms with E-state index < -0.39 is 0 Å². The van der Waals surface area contributed by atoms with E-state index in [1.807, 2.05) is 0 Å². The van der Waals surface area contributed by atoms with Gasteiger partial charge < -0.3 is 12.3 Å². The molecule has 5 heteroatoms. The Hall–Kier alpha value is 1.02. The van der Waals surface area contributed by atoms with Crippen LogP contribution in [0.5, 0.6) is 0 Å². The summed E-state index contributed by atoms with van der Waals surface area (Å²) >= 11 is 0. The van der Waals surface area contributed by atoms with Crippen LogP contribution in [0.15, 0.2) is 0 Å². The number of hydrogen-bond donors (Lipinski definition) is 2. The molecule has 0 spiro atoms. The van der Waals surface area contributed by atoms with Crippen molar-refractivity contribution < 1.29 is 17.1 Å². The summed E-state index contributed by atoms with van der Waals surface area (Å²) in [4.78, 5) is 0. The van der Waals surface area contributed by atoms with Gasteiger partial charge >= 0.3 is 0 Å². The first-order valence-corrected chi connectivity index (χ1v) is 0. The summed E-state index contributed by atoms with van der Waals surface area (Å²) in [6.07, 6.45) is 0. The molecule has 0 aromatic carbocycles. The second kappa shape index (κ2) is 78.0. The fraction of sp³-hybridized carbons (Fsp3) is 0. The zero-order valence-electron chi connectivity index (χ0n) is 2.53. The summed E-state index contributed by atoms with van der Waals surface area (Å²) in [5.41, 5.74) is 0. The first kappa shape index (κ1) is 146. The van der Waals surface area contributed by atoms with Gasteiger partial charge in [0.15, 0.2) is 0 Å². The molecule has 5 heavy (non-hydrogen) atoms. The summed E-state index contributed by atoms with van der Waals surface area (Å²) in [6.45, 7) is 0. The van der Waals surface area contributed by atoms with Crippen molar-refractivity contribution in [2.45, 2.75) is 0 Å². The topological polar surface area (TPSA) is 70.0 Å². The van der Waals surface area contributed by atoms with Gasteiger partial charge in [-0.2, -0.15) is 0 Å². The Kier molecular flexibility index (Phi) is 2280. The predicted molar refractivity (Wildman–Crippen MR) is 24.5 cm³/mol. The quantitative estimate of drug-likeness (QED) is 0.536. The molecule has 6 N–H and O–H groups in total. The van der Waals surface area contributed by atoms with E-state index in [-0.39, 0.29) is 54.2 Å². The first-order chi connectivity index (χ1) is 0. The van der Waals surface area contributed by atoms with Gasteiger partial charge in [0, 0.05) is 17.1 Å². The van der Waals surface area contributed by atoms with E-state index in [4.69, 9.17) is 0 Å². The van der Waals surface area contributed by atoms with Crippen molar-refractivity contribution in [3.63, 3.8) is 0 Å². The number of rotatable bonds is 0. The predicted octanol–water partition coefficient (Wildman–Crippen LogP) is 1.17. The zero-order valence-corrected chi connectivity index (χ0v) is 5.11. The Balaban J connectivity index is 0. The van der Waals surface area contributed by atoms with Crippen LogP contribution >= 0.6 is 24.8 Å². The molecule has 0 atom stereocenters. The molecule has 0 heterocycles. The van der Waals surface area contributed by atoms with Crippen molar-refractivity contribution >= 4 is 24.8 Å². The van der Waals surface area contributed by atoms with Crippen LogP contribution in [0.2, 0.25) is 0 Å². The van der Waals surface area contributed by atoms with Crippen LogP contribution in [0.25, 0.3) is 0 Å². The van der Waals surface area contributed by atoms with E-state index in [1.165, 1.54) is 0 Å². The van der Waals surface area contributed by atoms with E-state index in [0.717, 1.165) is 0 Å². The summed E-state index contributed by atoms with van der Waals surface area (Å²) in [7, 11) is 0. The molecule has 0 bridgehead atoms. The fourth-order valence-electron chi connectivity index (χ4n) is 0. The maximum absolute atomic E-state index is 0. The molecule has 0 aliphatic heterocycles. The Morgan fingerprint density at radius 1 is 0.600 bits per heavy atom. The molecule has 0 saturated carbocycles. The van der Waals surface area contributed by atoms with Crippen LogP contribution < -0.4 is 12.3 Å². The third-order valence-electron chi connectivity index (χ3n) is 0. The second-order valence-electron chi connectivity index (χ2n) is 0. The normalized spacial score (nSPS) is 0. The Bertz CT molecular complexity index is 7.61. The van der Waals surface area contributed by atoms with Crippen LogP contribution in [0.1, 0.15) is 0 Å². The fourth-order valence-corrected chi connectivity index (χ4v) is 0. The van der Waals surface area contributed by atoms with E-state index in [9.17, 15) is 0 Å². The molecule has 0 unspecified atom stereocenters. The summed E-state index contributed by atoms with van der Waals surface area (Å²) < 4.78 is 0. The molecule has 0 saturated heterocycles. The SMILES string of the molecule is Cl.Cl.N.N.[Cu]. The van der Waals surface area contributed by atoms with Crippen molar-refractivity contribution in [2.75, 3.05) is 0 Å². The van der Waals surface area contributed by atoms with Crippen LogP contribution in [0.4, 0.5) is 0 Å². The molecule has 43 valence electrons. The van der Waals surface area contributed by atoms with E-state index >= 15 is 0 Å². The largest absolute Gasteiger partial charge is 0.344 e. The molecular weight excluding hydrogens is 162 g/mol. The minimum Gasteiger partial charge on any atom is -0.344 e. The van der Waals surface area contributed by atoms with Crippen LogP contribution in [-0.2, 0) is 17.1 Å². The third kappa shape index (κ3) is 44.0. The van der Waals surface area contributed by atoms with Crippen molar-refractivity contribution in [1.29, 1.82) is 0 Å². The van der Waals surface area contributed by atoms with Gasteiger partial charge in [0.2, 0.25) is 0 Å². The monoisotopic (exact) mass is 169 g/mol. The molecule has 1 radical (unpaired) electrons. The van der Waals surface area contributed by atoms with Gasteiger partial charge in [0.05, 0.1) is 0 Å². The minimum absolute atomic E-state index is 0. The van der Waals surface area contributed by atoms with E-state index in [0.29, 0.717) is 0 Å². The average Bonchev–Trinajstić information content (AvgIpc) is 0. The summed E-state index contributed by atoms with van der Waals surface area (Å²) in [5, 5.41) is 0. The van der Waals surface area contributed by atoms with Crippen LogP contribution in [-0.4, -0.2) is 0 Å². The summed E-state index contributed by atoms with van der Waals surface area (Å²) in [5.74, 6) is 0. The molecule has 0 amide bonds. The zero-order chi connectivity index (χ0) is 0. The van der Waals surface area contributed by atoms with Gasteiger partial charge in [-0.3, -0.25) is 0 Å². The summed E-state index contributed by atoms with van der Waals surface area (Å²) in [6, 6.07) is 0. The van der Waals surface area contributed by atoms with Crippen molar-refractivity contribution in [1.82, 2.24) is 12.3 Å². The van der Waals surface area contributed by atoms with Crippen LogP contribution in [0, 0.1) is 0 Å². The average molecular weight is 171 g/mol. The van der Waals surface area contributed by atoms with Gasteiger partial charge in [0.25, 0.3) is 0 Å². The Morgan fingerprint density at radius 3 is 0.600 bits per heavy atom. The molecule has 0 aromatic rings. The second-order valence-corrected chi connectivity index (χ2v) is 0. The molecule has 0 aromatic heterocycles. The molecule has 0 aliphatic rings. The smallest absolute Gasteiger partial charge is 0 e. The van der Waals surface area contributed by atoms with Gasteiger partial charge in [-0.1, -0.05) is 0 Å². The molecule has 2 nitrogen and oxygen atoms in total. The number of halogens is 2. The first-order valence-electron chi connectivity index (χ1n) is 0. The Labute approximate surface area is 54.5 Å². The van der Waals surface area contributed by atoms with E-state index in [2.05, 4.69) is 0 Å². The van der Waals surface area contributed by atoms with E-state index in [1.54, 1.807) is 0 Å². The van der Waals surface area contributed by atoms with Gasteiger partial charge in [-0.25, -0.2) is 0 Å². The van der Waals surface area contributed by atoms with Crippen molar-refractivity contribution in [3.05, 3.63) is 0 Å². The van der Waals surface area contributed by atoms with Crippen molar-refractivity contribution in [2.24, 2.45) is 0 Å². The molecular formula is H8Cl2CuN2. The van der Waals surface area contributed by atoms with Gasteiger partial charge in [-0.05, 0) is 0 Å². The van der Waals surface area contributed by atoms with Gasteiger partial charge in [0.1, 0.15) is 0 Å². The van der Waals surface area contributed by atoms with Crippen LogP contribution in [0.3, 0.4) is 0 Å². The molecule has 0 fully saturated rings. The third-order valence-corrected chi connectivity index (χ3v) is 0. The minimum atomic E-state index is 0. The Morgan fingerprint density at radius 2 is 0.600 bits per heavy atom. The number of hydrogen-bond acceptors (Lipinski definition) is 2.